The van der Waals surface area contributed by atoms with Crippen LogP contribution in [0.25, 0.3) is 0 Å². The first-order valence-electron chi connectivity index (χ1n) is 5.82. The van der Waals surface area contributed by atoms with Gasteiger partial charge in [-0.05, 0) is 44.5 Å². The monoisotopic (exact) mass is 220 g/mol. The molecule has 0 heterocycles. The highest BCUT2D eigenvalue weighted by atomic mass is 16.1. The summed E-state index contributed by atoms with van der Waals surface area (Å²) in [6.07, 6.45) is 1.08. The largest absolute Gasteiger partial charge is 0.383 e. The van der Waals surface area contributed by atoms with Crippen LogP contribution in [0.2, 0.25) is 0 Å². The fourth-order valence-electron chi connectivity index (χ4n) is 1.37. The topological polar surface area (TPSA) is 41.1 Å². The van der Waals surface area contributed by atoms with Crippen LogP contribution < -0.4 is 10.6 Å². The summed E-state index contributed by atoms with van der Waals surface area (Å²) in [5.41, 5.74) is 1.76. The second-order valence-corrected chi connectivity index (χ2v) is 3.89. The normalized spacial score (nSPS) is 11.9. The van der Waals surface area contributed by atoms with Crippen molar-refractivity contribution >= 4 is 11.6 Å². The Balaban J connectivity index is 2.64. The molecule has 0 saturated carbocycles. The highest BCUT2D eigenvalue weighted by Gasteiger charge is 2.04. The molecule has 1 atom stereocenters. The lowest BCUT2D eigenvalue weighted by atomic mass is 10.1. The molecule has 1 aromatic carbocycles. The van der Waals surface area contributed by atoms with E-state index in [0.717, 1.165) is 12.1 Å². The summed E-state index contributed by atoms with van der Waals surface area (Å²) in [5.74, 6) is -0.0161. The van der Waals surface area contributed by atoms with Crippen molar-refractivity contribution in [2.24, 2.45) is 0 Å². The Labute approximate surface area is 97.2 Å². The van der Waals surface area contributed by atoms with Gasteiger partial charge >= 0.3 is 0 Å². The SMILES string of the molecule is CCNC(=O)c1ccc(NC(C)CC)cc1. The van der Waals surface area contributed by atoms with Gasteiger partial charge in [-0.3, -0.25) is 4.79 Å². The Morgan fingerprint density at radius 2 is 1.88 bits per heavy atom. The summed E-state index contributed by atoms with van der Waals surface area (Å²) < 4.78 is 0. The lowest BCUT2D eigenvalue weighted by Gasteiger charge is -2.13. The Morgan fingerprint density at radius 3 is 2.38 bits per heavy atom. The quantitative estimate of drug-likeness (QED) is 0.801. The molecule has 1 amide bonds. The first kappa shape index (κ1) is 12.6. The minimum atomic E-state index is -0.0161. The number of amides is 1. The Kier molecular flexibility index (Phi) is 4.83. The van der Waals surface area contributed by atoms with Crippen LogP contribution in [-0.4, -0.2) is 18.5 Å². The van der Waals surface area contributed by atoms with E-state index in [1.165, 1.54) is 0 Å². The van der Waals surface area contributed by atoms with Gasteiger partial charge in [-0.1, -0.05) is 6.92 Å². The van der Waals surface area contributed by atoms with E-state index in [2.05, 4.69) is 24.5 Å². The summed E-state index contributed by atoms with van der Waals surface area (Å²) in [5, 5.41) is 6.13. The highest BCUT2D eigenvalue weighted by molar-refractivity contribution is 5.94. The highest BCUT2D eigenvalue weighted by Crippen LogP contribution is 2.11. The van der Waals surface area contributed by atoms with Gasteiger partial charge in [0.15, 0.2) is 0 Å². The van der Waals surface area contributed by atoms with E-state index in [4.69, 9.17) is 0 Å². The zero-order valence-corrected chi connectivity index (χ0v) is 10.2. The number of hydrogen-bond acceptors (Lipinski definition) is 2. The molecule has 0 aromatic heterocycles. The van der Waals surface area contributed by atoms with E-state index >= 15 is 0 Å². The molecule has 0 aliphatic rings. The zero-order chi connectivity index (χ0) is 12.0. The first-order chi connectivity index (χ1) is 7.67. The van der Waals surface area contributed by atoms with Crippen molar-refractivity contribution in [3.8, 4) is 0 Å². The number of rotatable bonds is 5. The summed E-state index contributed by atoms with van der Waals surface area (Å²) in [4.78, 5) is 11.5. The van der Waals surface area contributed by atoms with E-state index < -0.39 is 0 Å². The average Bonchev–Trinajstić information content (AvgIpc) is 2.30. The number of anilines is 1. The maximum absolute atomic E-state index is 11.5. The van der Waals surface area contributed by atoms with Gasteiger partial charge < -0.3 is 10.6 Å². The fourth-order valence-corrected chi connectivity index (χ4v) is 1.37. The molecule has 3 heteroatoms. The molecule has 1 aromatic rings. The number of hydrogen-bond donors (Lipinski definition) is 2. The zero-order valence-electron chi connectivity index (χ0n) is 10.2. The van der Waals surface area contributed by atoms with Gasteiger partial charge in [0.25, 0.3) is 5.91 Å². The van der Waals surface area contributed by atoms with Gasteiger partial charge in [0.05, 0.1) is 0 Å². The first-order valence-corrected chi connectivity index (χ1v) is 5.82. The molecule has 1 rings (SSSR count). The number of nitrogens with one attached hydrogen (secondary N) is 2. The van der Waals surface area contributed by atoms with Gasteiger partial charge in [0, 0.05) is 23.8 Å². The molecular weight excluding hydrogens is 200 g/mol. The van der Waals surface area contributed by atoms with Crippen molar-refractivity contribution in [2.45, 2.75) is 33.2 Å². The van der Waals surface area contributed by atoms with Gasteiger partial charge in [-0.25, -0.2) is 0 Å². The van der Waals surface area contributed by atoms with Crippen LogP contribution in [-0.2, 0) is 0 Å². The van der Waals surface area contributed by atoms with Crippen molar-refractivity contribution in [1.29, 1.82) is 0 Å². The number of benzene rings is 1. The molecule has 0 aliphatic carbocycles. The van der Waals surface area contributed by atoms with Gasteiger partial charge in [0.2, 0.25) is 0 Å². The molecule has 16 heavy (non-hydrogen) atoms. The minimum absolute atomic E-state index is 0.0161. The van der Waals surface area contributed by atoms with Gasteiger partial charge in [-0.15, -0.1) is 0 Å². The summed E-state index contributed by atoms with van der Waals surface area (Å²) >= 11 is 0. The molecule has 1 unspecified atom stereocenters. The van der Waals surface area contributed by atoms with Crippen LogP contribution in [0.4, 0.5) is 5.69 Å². The second kappa shape index (κ2) is 6.16. The second-order valence-electron chi connectivity index (χ2n) is 3.89. The van der Waals surface area contributed by atoms with Crippen molar-refractivity contribution in [3.63, 3.8) is 0 Å². The average molecular weight is 220 g/mol. The van der Waals surface area contributed by atoms with Crippen LogP contribution in [0.1, 0.15) is 37.6 Å². The van der Waals surface area contributed by atoms with E-state index in [9.17, 15) is 4.79 Å². The smallest absolute Gasteiger partial charge is 0.251 e. The third kappa shape index (κ3) is 3.57. The molecule has 0 saturated heterocycles. The Bertz CT molecular complexity index is 332. The summed E-state index contributed by atoms with van der Waals surface area (Å²) in [6, 6.07) is 8.02. The van der Waals surface area contributed by atoms with Crippen LogP contribution in [0, 0.1) is 0 Å². The molecular formula is C13H20N2O. The molecule has 0 fully saturated rings. The lowest BCUT2D eigenvalue weighted by molar-refractivity contribution is 0.0956. The Morgan fingerprint density at radius 1 is 1.25 bits per heavy atom. The predicted molar refractivity (Wildman–Crippen MR) is 67.8 cm³/mol. The van der Waals surface area contributed by atoms with Gasteiger partial charge in [-0.2, -0.15) is 0 Å². The lowest BCUT2D eigenvalue weighted by Crippen LogP contribution is -2.22. The fraction of sp³-hybridized carbons (Fsp3) is 0.462. The molecule has 0 radical (unpaired) electrons. The van der Waals surface area contributed by atoms with Crippen LogP contribution in [0.3, 0.4) is 0 Å². The van der Waals surface area contributed by atoms with E-state index in [1.807, 2.05) is 31.2 Å². The van der Waals surface area contributed by atoms with Crippen LogP contribution >= 0.6 is 0 Å². The number of carbonyl (C=O) groups excluding carboxylic acids is 1. The summed E-state index contributed by atoms with van der Waals surface area (Å²) in [7, 11) is 0. The van der Waals surface area contributed by atoms with Crippen molar-refractivity contribution in [1.82, 2.24) is 5.32 Å². The maximum atomic E-state index is 11.5. The standard InChI is InChI=1S/C13H20N2O/c1-4-10(3)15-12-8-6-11(7-9-12)13(16)14-5-2/h6-10,15H,4-5H2,1-3H3,(H,14,16). The van der Waals surface area contributed by atoms with E-state index in [0.29, 0.717) is 18.2 Å². The van der Waals surface area contributed by atoms with Gasteiger partial charge in [0.1, 0.15) is 0 Å². The molecule has 3 nitrogen and oxygen atoms in total. The molecule has 88 valence electrons. The van der Waals surface area contributed by atoms with E-state index in [1.54, 1.807) is 0 Å². The third-order valence-corrected chi connectivity index (χ3v) is 2.51. The molecule has 0 bridgehead atoms. The molecule has 0 aliphatic heterocycles. The van der Waals surface area contributed by atoms with Crippen molar-refractivity contribution < 1.29 is 4.79 Å². The Hall–Kier alpha value is -1.51. The molecule has 2 N–H and O–H groups in total. The van der Waals surface area contributed by atoms with Crippen LogP contribution in [0.15, 0.2) is 24.3 Å². The van der Waals surface area contributed by atoms with Crippen LogP contribution in [0.5, 0.6) is 0 Å². The van der Waals surface area contributed by atoms with Crippen molar-refractivity contribution in [2.75, 3.05) is 11.9 Å². The van der Waals surface area contributed by atoms with Crippen molar-refractivity contribution in [3.05, 3.63) is 29.8 Å². The molecule has 0 spiro atoms. The summed E-state index contributed by atoms with van der Waals surface area (Å²) in [6.45, 7) is 6.85. The third-order valence-electron chi connectivity index (χ3n) is 2.51. The predicted octanol–water partition coefficient (Wildman–Crippen LogP) is 2.65. The number of carbonyl (C=O) groups is 1. The minimum Gasteiger partial charge on any atom is -0.383 e. The van der Waals surface area contributed by atoms with E-state index in [-0.39, 0.29) is 5.91 Å². The maximum Gasteiger partial charge on any atom is 0.251 e.